The van der Waals surface area contributed by atoms with Gasteiger partial charge in [-0.25, -0.2) is 4.98 Å². The predicted octanol–water partition coefficient (Wildman–Crippen LogP) is 4.36. The Labute approximate surface area is 155 Å². The molecular formula is C20H17N3O2S. The number of amides is 1. The van der Waals surface area contributed by atoms with Gasteiger partial charge in [0.05, 0.1) is 11.4 Å². The van der Waals surface area contributed by atoms with Crippen LogP contribution in [0.5, 0.6) is 5.75 Å². The van der Waals surface area contributed by atoms with Gasteiger partial charge in [-0.1, -0.05) is 29.8 Å². The monoisotopic (exact) mass is 363 g/mol. The number of hydrazone groups is 1. The molecule has 4 rings (SSSR count). The number of aromatic hydroxyl groups is 1. The first-order valence-electron chi connectivity index (χ1n) is 8.32. The summed E-state index contributed by atoms with van der Waals surface area (Å²) in [5, 5.41) is 17.8. The fourth-order valence-corrected chi connectivity index (χ4v) is 3.58. The molecule has 0 radical (unpaired) electrons. The van der Waals surface area contributed by atoms with Crippen LogP contribution in [0, 0.1) is 6.92 Å². The summed E-state index contributed by atoms with van der Waals surface area (Å²) in [5.41, 5.74) is 4.76. The fourth-order valence-electron chi connectivity index (χ4n) is 2.78. The van der Waals surface area contributed by atoms with Gasteiger partial charge in [-0.2, -0.15) is 10.1 Å². The lowest BCUT2D eigenvalue weighted by molar-refractivity contribution is -0.118. The third-order valence-electron chi connectivity index (χ3n) is 4.25. The molecule has 3 aromatic rings. The number of carbonyl (C=O) groups is 1. The highest BCUT2D eigenvalue weighted by molar-refractivity contribution is 7.14. The molecule has 1 aliphatic rings. The van der Waals surface area contributed by atoms with Crippen LogP contribution in [-0.4, -0.2) is 21.7 Å². The van der Waals surface area contributed by atoms with Crippen molar-refractivity contribution in [2.45, 2.75) is 19.8 Å². The minimum atomic E-state index is -0.0486. The second kappa shape index (κ2) is 6.72. The SMILES string of the molecule is Cc1ccc(C2=NN(c3nc(-c4ccc(O)cc4)cs3)C(=O)CC2)cc1. The van der Waals surface area contributed by atoms with Crippen LogP contribution in [0.2, 0.25) is 0 Å². The number of carbonyl (C=O) groups excluding carboxylic acids is 1. The van der Waals surface area contributed by atoms with Gasteiger partial charge in [0.2, 0.25) is 11.0 Å². The number of phenolic OH excluding ortho intramolecular Hbond substituents is 1. The van der Waals surface area contributed by atoms with Gasteiger partial charge in [0.15, 0.2) is 0 Å². The van der Waals surface area contributed by atoms with Crippen LogP contribution in [0.3, 0.4) is 0 Å². The van der Waals surface area contributed by atoms with E-state index in [1.807, 2.05) is 36.6 Å². The number of aryl methyl sites for hydroxylation is 1. The van der Waals surface area contributed by atoms with Gasteiger partial charge < -0.3 is 5.11 Å². The van der Waals surface area contributed by atoms with E-state index >= 15 is 0 Å². The number of hydrogen-bond donors (Lipinski definition) is 1. The number of thiazole rings is 1. The summed E-state index contributed by atoms with van der Waals surface area (Å²) in [6, 6.07) is 15.0. The summed E-state index contributed by atoms with van der Waals surface area (Å²) in [4.78, 5) is 16.9. The number of aromatic nitrogens is 1. The first kappa shape index (κ1) is 16.5. The van der Waals surface area contributed by atoms with Crippen molar-refractivity contribution in [2.75, 3.05) is 5.01 Å². The second-order valence-corrected chi connectivity index (χ2v) is 7.02. The van der Waals surface area contributed by atoms with Crippen molar-refractivity contribution in [3.05, 3.63) is 65.0 Å². The molecule has 0 unspecified atom stereocenters. The van der Waals surface area contributed by atoms with Crippen LogP contribution in [-0.2, 0) is 4.79 Å². The zero-order valence-corrected chi connectivity index (χ0v) is 15.0. The average molecular weight is 363 g/mol. The van der Waals surface area contributed by atoms with Crippen molar-refractivity contribution in [2.24, 2.45) is 5.10 Å². The molecule has 26 heavy (non-hydrogen) atoms. The Balaban J connectivity index is 1.65. The second-order valence-electron chi connectivity index (χ2n) is 6.18. The summed E-state index contributed by atoms with van der Waals surface area (Å²) >= 11 is 1.38. The zero-order chi connectivity index (χ0) is 18.1. The molecule has 6 heteroatoms. The third-order valence-corrected chi connectivity index (χ3v) is 5.07. The molecule has 0 saturated carbocycles. The molecule has 1 aromatic heterocycles. The largest absolute Gasteiger partial charge is 0.508 e. The molecule has 0 saturated heterocycles. The standard InChI is InChI=1S/C20H17N3O2S/c1-13-2-4-14(5-3-13)17-10-11-19(25)23(22-17)20-21-18(12-26-20)15-6-8-16(24)9-7-15/h2-9,12,24H,10-11H2,1H3. The lowest BCUT2D eigenvalue weighted by Crippen LogP contribution is -2.31. The lowest BCUT2D eigenvalue weighted by atomic mass is 10.0. The van der Waals surface area contributed by atoms with E-state index in [-0.39, 0.29) is 11.7 Å². The van der Waals surface area contributed by atoms with Crippen molar-refractivity contribution < 1.29 is 9.90 Å². The maximum Gasteiger partial charge on any atom is 0.249 e. The molecule has 0 aliphatic carbocycles. The van der Waals surface area contributed by atoms with Crippen LogP contribution < -0.4 is 5.01 Å². The van der Waals surface area contributed by atoms with E-state index in [1.165, 1.54) is 21.9 Å². The average Bonchev–Trinajstić information content (AvgIpc) is 3.13. The highest BCUT2D eigenvalue weighted by atomic mass is 32.1. The predicted molar refractivity (Wildman–Crippen MR) is 104 cm³/mol. The highest BCUT2D eigenvalue weighted by Crippen LogP contribution is 2.30. The molecule has 5 nitrogen and oxygen atoms in total. The summed E-state index contributed by atoms with van der Waals surface area (Å²) in [5.74, 6) is 0.162. The van der Waals surface area contributed by atoms with Crippen molar-refractivity contribution >= 4 is 28.1 Å². The van der Waals surface area contributed by atoms with E-state index in [0.717, 1.165) is 22.5 Å². The van der Waals surface area contributed by atoms with Gasteiger partial charge in [-0.15, -0.1) is 11.3 Å². The Morgan fingerprint density at radius 3 is 2.42 bits per heavy atom. The molecule has 2 heterocycles. The van der Waals surface area contributed by atoms with E-state index in [0.29, 0.717) is 18.0 Å². The Morgan fingerprint density at radius 1 is 1.00 bits per heavy atom. The Morgan fingerprint density at radius 2 is 1.69 bits per heavy atom. The van der Waals surface area contributed by atoms with E-state index < -0.39 is 0 Å². The summed E-state index contributed by atoms with van der Waals surface area (Å²) < 4.78 is 0. The van der Waals surface area contributed by atoms with Crippen LogP contribution in [0.1, 0.15) is 24.0 Å². The molecular weight excluding hydrogens is 346 g/mol. The first-order valence-corrected chi connectivity index (χ1v) is 9.20. The number of benzene rings is 2. The Hall–Kier alpha value is -2.99. The molecule has 1 N–H and O–H groups in total. The van der Waals surface area contributed by atoms with Gasteiger partial charge in [-0.3, -0.25) is 4.79 Å². The van der Waals surface area contributed by atoms with E-state index in [4.69, 9.17) is 0 Å². The fraction of sp³-hybridized carbons (Fsp3) is 0.150. The van der Waals surface area contributed by atoms with Crippen LogP contribution in [0.15, 0.2) is 59.0 Å². The van der Waals surface area contributed by atoms with E-state index in [2.05, 4.69) is 10.1 Å². The van der Waals surface area contributed by atoms with Crippen molar-refractivity contribution in [1.29, 1.82) is 0 Å². The number of rotatable bonds is 3. The quantitative estimate of drug-likeness (QED) is 0.752. The van der Waals surface area contributed by atoms with Gasteiger partial charge in [0.1, 0.15) is 5.75 Å². The van der Waals surface area contributed by atoms with Crippen molar-refractivity contribution in [3.63, 3.8) is 0 Å². The third kappa shape index (κ3) is 3.23. The number of hydrogen-bond acceptors (Lipinski definition) is 5. The zero-order valence-electron chi connectivity index (χ0n) is 14.2. The van der Waals surface area contributed by atoms with Crippen LogP contribution >= 0.6 is 11.3 Å². The molecule has 1 aliphatic heterocycles. The maximum atomic E-state index is 12.4. The Kier molecular flexibility index (Phi) is 4.26. The van der Waals surface area contributed by atoms with Gasteiger partial charge >= 0.3 is 0 Å². The van der Waals surface area contributed by atoms with Gasteiger partial charge in [-0.05, 0) is 36.8 Å². The van der Waals surface area contributed by atoms with Crippen LogP contribution in [0.4, 0.5) is 5.13 Å². The molecule has 130 valence electrons. The van der Waals surface area contributed by atoms with Gasteiger partial charge in [0.25, 0.3) is 0 Å². The topological polar surface area (TPSA) is 65.8 Å². The van der Waals surface area contributed by atoms with Crippen LogP contribution in [0.25, 0.3) is 11.3 Å². The smallest absolute Gasteiger partial charge is 0.249 e. The van der Waals surface area contributed by atoms with Gasteiger partial charge in [0, 0.05) is 23.8 Å². The molecule has 0 spiro atoms. The summed E-state index contributed by atoms with van der Waals surface area (Å²) in [6.07, 6.45) is 1.05. The lowest BCUT2D eigenvalue weighted by Gasteiger charge is -2.21. The molecule has 0 atom stereocenters. The minimum absolute atomic E-state index is 0.0486. The van der Waals surface area contributed by atoms with Crippen molar-refractivity contribution in [3.8, 4) is 17.0 Å². The summed E-state index contributed by atoms with van der Waals surface area (Å²) in [7, 11) is 0. The van der Waals surface area contributed by atoms with E-state index in [1.54, 1.807) is 24.3 Å². The van der Waals surface area contributed by atoms with Crippen molar-refractivity contribution in [1.82, 2.24) is 4.98 Å². The maximum absolute atomic E-state index is 12.4. The molecule has 0 fully saturated rings. The highest BCUT2D eigenvalue weighted by Gasteiger charge is 2.25. The summed E-state index contributed by atoms with van der Waals surface area (Å²) in [6.45, 7) is 2.04. The molecule has 0 bridgehead atoms. The number of anilines is 1. The number of nitrogens with zero attached hydrogens (tertiary/aromatic N) is 3. The number of phenols is 1. The molecule has 2 aromatic carbocycles. The minimum Gasteiger partial charge on any atom is -0.508 e. The molecule has 1 amide bonds. The Bertz CT molecular complexity index is 975. The normalized spacial score (nSPS) is 14.4. The van der Waals surface area contributed by atoms with E-state index in [9.17, 15) is 9.90 Å². The first-order chi connectivity index (χ1) is 12.6.